The van der Waals surface area contributed by atoms with Crippen LogP contribution >= 0.6 is 0 Å². The molecule has 35 heavy (non-hydrogen) atoms. The number of aromatic nitrogens is 4. The van der Waals surface area contributed by atoms with Gasteiger partial charge >= 0.3 is 0 Å². The zero-order valence-electron chi connectivity index (χ0n) is 20.8. The van der Waals surface area contributed by atoms with Gasteiger partial charge in [-0.25, -0.2) is 4.98 Å². The third-order valence-corrected chi connectivity index (χ3v) is 10.3. The van der Waals surface area contributed by atoms with E-state index in [1.807, 2.05) is 16.6 Å². The van der Waals surface area contributed by atoms with E-state index in [-0.39, 0.29) is 16.7 Å². The van der Waals surface area contributed by atoms with Crippen LogP contribution in [-0.4, -0.2) is 38.6 Å². The number of hydrogen-bond acceptors (Lipinski definition) is 5. The zero-order chi connectivity index (χ0) is 23.9. The van der Waals surface area contributed by atoms with E-state index in [1.165, 1.54) is 24.1 Å². The highest BCUT2D eigenvalue weighted by molar-refractivity contribution is 5.77. The summed E-state index contributed by atoms with van der Waals surface area (Å²) in [6.45, 7) is 4.91. The minimum atomic E-state index is 0.0481. The molecule has 3 fully saturated rings. The molecule has 2 aromatic heterocycles. The number of rotatable bonds is 2. The van der Waals surface area contributed by atoms with Crippen molar-refractivity contribution in [2.24, 2.45) is 23.2 Å². The lowest BCUT2D eigenvalue weighted by Crippen LogP contribution is -2.61. The Bertz CT molecular complexity index is 1330. The van der Waals surface area contributed by atoms with E-state index in [9.17, 15) is 4.79 Å². The Hall–Kier alpha value is -2.96. The molecule has 4 aliphatic rings. The molecule has 3 aliphatic carbocycles. The largest absolute Gasteiger partial charge is 0.497 e. The van der Waals surface area contributed by atoms with E-state index in [0.717, 1.165) is 42.7 Å². The van der Waals surface area contributed by atoms with Crippen molar-refractivity contribution in [2.45, 2.75) is 70.3 Å². The summed E-state index contributed by atoms with van der Waals surface area (Å²) in [5, 5.41) is 7.94. The molecule has 3 unspecified atom stereocenters. The fourth-order valence-electron chi connectivity index (χ4n) is 8.50. The number of piperidine rings is 1. The fourth-order valence-corrected chi connectivity index (χ4v) is 8.50. The molecule has 1 aromatic carbocycles. The minimum Gasteiger partial charge on any atom is -0.497 e. The predicted molar refractivity (Wildman–Crippen MR) is 132 cm³/mol. The standard InChI is InChI=1S/C28H33N5O2/c1-27-13-11-23(34)31-22(27)9-8-18-20(27)10-12-28(2)21(18)14-19-24(16-4-6-17(35-3)7-5-16)33-26(29-15-30-33)32-25(19)28/h4-7,15,18,20-22H,8-14H2,1-3H3,(H,31,34)/t18?,20?,21?,22-,27-,28+/m1/s1. The zero-order valence-corrected chi connectivity index (χ0v) is 20.8. The fraction of sp³-hybridized carbons (Fsp3) is 0.571. The van der Waals surface area contributed by atoms with Gasteiger partial charge in [0.25, 0.3) is 5.78 Å². The second-order valence-corrected chi connectivity index (χ2v) is 11.7. The van der Waals surface area contributed by atoms with Gasteiger partial charge in [-0.05, 0) is 86.0 Å². The Morgan fingerprint density at radius 2 is 1.91 bits per heavy atom. The lowest BCUT2D eigenvalue weighted by Gasteiger charge is -2.59. The van der Waals surface area contributed by atoms with E-state index in [1.54, 1.807) is 13.4 Å². The normalized spacial score (nSPS) is 35.6. The van der Waals surface area contributed by atoms with Gasteiger partial charge in [0.15, 0.2) is 0 Å². The number of benzene rings is 1. The van der Waals surface area contributed by atoms with Gasteiger partial charge in [-0.3, -0.25) is 4.79 Å². The minimum absolute atomic E-state index is 0.0481. The third-order valence-electron chi connectivity index (χ3n) is 10.3. The molecule has 0 radical (unpaired) electrons. The number of carbonyl (C=O) groups is 1. The Balaban J connectivity index is 1.33. The van der Waals surface area contributed by atoms with Crippen molar-refractivity contribution < 1.29 is 9.53 Å². The number of fused-ring (bicyclic) bond motifs is 8. The van der Waals surface area contributed by atoms with Gasteiger partial charge in [-0.1, -0.05) is 13.8 Å². The van der Waals surface area contributed by atoms with Crippen molar-refractivity contribution >= 4 is 11.7 Å². The van der Waals surface area contributed by atoms with Gasteiger partial charge in [0, 0.05) is 29.0 Å². The molecule has 0 bridgehead atoms. The highest BCUT2D eigenvalue weighted by atomic mass is 16.5. The molecule has 6 atom stereocenters. The molecule has 0 spiro atoms. The molecule has 182 valence electrons. The van der Waals surface area contributed by atoms with Gasteiger partial charge in [-0.2, -0.15) is 14.6 Å². The first-order valence-electron chi connectivity index (χ1n) is 13.1. The van der Waals surface area contributed by atoms with Crippen molar-refractivity contribution in [3.8, 4) is 17.0 Å². The monoisotopic (exact) mass is 471 g/mol. The summed E-state index contributed by atoms with van der Waals surface area (Å²) in [7, 11) is 1.70. The van der Waals surface area contributed by atoms with E-state index in [4.69, 9.17) is 9.72 Å². The SMILES string of the molecule is COc1ccc(-c2c3c(nc4ncnn24)[C@@]2(C)CCC4C(CC[C@H]5NC(=O)CC[C@]45C)C2C3)cc1. The van der Waals surface area contributed by atoms with Crippen LogP contribution in [0.25, 0.3) is 17.0 Å². The number of carbonyl (C=O) groups excluding carboxylic acids is 1. The Morgan fingerprint density at radius 3 is 2.71 bits per heavy atom. The Labute approximate surface area is 205 Å². The number of nitrogens with zero attached hydrogens (tertiary/aromatic N) is 4. The van der Waals surface area contributed by atoms with Crippen molar-refractivity contribution in [1.29, 1.82) is 0 Å². The molecule has 1 amide bonds. The number of methoxy groups -OCH3 is 1. The summed E-state index contributed by atoms with van der Waals surface area (Å²) in [5.74, 6) is 3.64. The quantitative estimate of drug-likeness (QED) is 0.602. The van der Waals surface area contributed by atoms with Gasteiger partial charge in [0.05, 0.1) is 18.5 Å². The topological polar surface area (TPSA) is 81.4 Å². The summed E-state index contributed by atoms with van der Waals surface area (Å²) in [6, 6.07) is 8.62. The van der Waals surface area contributed by atoms with Gasteiger partial charge in [-0.15, -0.1) is 0 Å². The first kappa shape index (κ1) is 21.3. The molecule has 7 rings (SSSR count). The molecular weight excluding hydrogens is 438 g/mol. The summed E-state index contributed by atoms with van der Waals surface area (Å²) in [5.41, 5.74) is 5.08. The second-order valence-electron chi connectivity index (χ2n) is 11.7. The van der Waals surface area contributed by atoms with Crippen molar-refractivity contribution in [2.75, 3.05) is 7.11 Å². The third kappa shape index (κ3) is 2.84. The molecule has 1 N–H and O–H groups in total. The van der Waals surface area contributed by atoms with Crippen LogP contribution in [0.1, 0.15) is 63.6 Å². The van der Waals surface area contributed by atoms with Crippen LogP contribution in [0.4, 0.5) is 0 Å². The number of hydrogen-bond donors (Lipinski definition) is 1. The molecule has 2 saturated carbocycles. The Kier molecular flexibility index (Phi) is 4.44. The first-order valence-corrected chi connectivity index (χ1v) is 13.1. The Morgan fingerprint density at radius 1 is 1.09 bits per heavy atom. The molecular formula is C28H33N5O2. The number of amides is 1. The molecule has 1 aliphatic heterocycles. The van der Waals surface area contributed by atoms with E-state index < -0.39 is 0 Å². The lowest BCUT2D eigenvalue weighted by molar-refractivity contribution is -0.134. The molecule has 3 heterocycles. The molecule has 3 aromatic rings. The van der Waals surface area contributed by atoms with Crippen LogP contribution in [0.5, 0.6) is 5.75 Å². The average molecular weight is 472 g/mol. The van der Waals surface area contributed by atoms with E-state index in [2.05, 4.69) is 41.4 Å². The molecule has 7 heteroatoms. The second kappa shape index (κ2) is 7.28. The summed E-state index contributed by atoms with van der Waals surface area (Å²) in [4.78, 5) is 21.8. The lowest BCUT2D eigenvalue weighted by atomic mass is 9.47. The summed E-state index contributed by atoms with van der Waals surface area (Å²) >= 11 is 0. The van der Waals surface area contributed by atoms with Crippen LogP contribution in [0.2, 0.25) is 0 Å². The maximum atomic E-state index is 12.2. The van der Waals surface area contributed by atoms with Gasteiger partial charge in [0.1, 0.15) is 12.1 Å². The van der Waals surface area contributed by atoms with E-state index in [0.29, 0.717) is 36.0 Å². The van der Waals surface area contributed by atoms with Crippen LogP contribution in [0.3, 0.4) is 0 Å². The smallest absolute Gasteiger partial charge is 0.252 e. The predicted octanol–water partition coefficient (Wildman–Crippen LogP) is 4.33. The highest BCUT2D eigenvalue weighted by Crippen LogP contribution is 2.63. The van der Waals surface area contributed by atoms with Crippen LogP contribution < -0.4 is 10.1 Å². The number of nitrogens with one attached hydrogen (secondary N) is 1. The maximum absolute atomic E-state index is 12.2. The van der Waals surface area contributed by atoms with Gasteiger partial charge in [0.2, 0.25) is 5.91 Å². The van der Waals surface area contributed by atoms with Crippen LogP contribution in [-0.2, 0) is 16.6 Å². The van der Waals surface area contributed by atoms with Crippen molar-refractivity contribution in [3.63, 3.8) is 0 Å². The first-order chi connectivity index (χ1) is 16.9. The molecule has 1 saturated heterocycles. The van der Waals surface area contributed by atoms with Crippen LogP contribution in [0, 0.1) is 23.2 Å². The van der Waals surface area contributed by atoms with Crippen molar-refractivity contribution in [3.05, 3.63) is 41.9 Å². The van der Waals surface area contributed by atoms with E-state index >= 15 is 0 Å². The highest BCUT2D eigenvalue weighted by Gasteiger charge is 2.60. The summed E-state index contributed by atoms with van der Waals surface area (Å²) < 4.78 is 7.33. The number of ether oxygens (including phenoxy) is 1. The molecule has 7 nitrogen and oxygen atoms in total. The van der Waals surface area contributed by atoms with Gasteiger partial charge < -0.3 is 10.1 Å². The summed E-state index contributed by atoms with van der Waals surface area (Å²) in [6.07, 6.45) is 8.96. The van der Waals surface area contributed by atoms with Crippen molar-refractivity contribution in [1.82, 2.24) is 24.9 Å². The van der Waals surface area contributed by atoms with Crippen LogP contribution in [0.15, 0.2) is 30.6 Å². The maximum Gasteiger partial charge on any atom is 0.252 e. The average Bonchev–Trinajstić information content (AvgIpc) is 3.45.